The summed E-state index contributed by atoms with van der Waals surface area (Å²) in [5.41, 5.74) is 9.32. The summed E-state index contributed by atoms with van der Waals surface area (Å²) in [4.78, 5) is 2.39. The summed E-state index contributed by atoms with van der Waals surface area (Å²) in [5, 5.41) is 12.7. The van der Waals surface area contributed by atoms with Gasteiger partial charge in [-0.1, -0.05) is 146 Å². The number of benzene rings is 10. The van der Waals surface area contributed by atoms with Crippen molar-refractivity contribution >= 4 is 82.0 Å². The van der Waals surface area contributed by atoms with E-state index in [0.29, 0.717) is 0 Å². The van der Waals surface area contributed by atoms with Crippen LogP contribution in [0.5, 0.6) is 0 Å². The first-order chi connectivity index (χ1) is 26.8. The SMILES string of the molecule is c1ccc2c(-c3ccc(N(c4ccc(-n5c6ccccc6c6ccccc65)cc4)c4ccc5c6ccccc6c6ccccc6c5c4)cc3)cccc2c1. The number of rotatable bonds is 5. The molecule has 0 aliphatic rings. The van der Waals surface area contributed by atoms with Gasteiger partial charge in [0.25, 0.3) is 0 Å². The molecule has 252 valence electrons. The van der Waals surface area contributed by atoms with Crippen LogP contribution in [0.15, 0.2) is 206 Å². The maximum atomic E-state index is 2.39. The monoisotopic (exact) mass is 686 g/mol. The molecule has 0 radical (unpaired) electrons. The van der Waals surface area contributed by atoms with Gasteiger partial charge < -0.3 is 9.47 Å². The van der Waals surface area contributed by atoms with Crippen molar-refractivity contribution in [3.8, 4) is 16.8 Å². The molecule has 11 aromatic rings. The number of anilines is 3. The molecule has 0 spiro atoms. The van der Waals surface area contributed by atoms with Gasteiger partial charge in [0.15, 0.2) is 0 Å². The van der Waals surface area contributed by atoms with Gasteiger partial charge in [0.05, 0.1) is 11.0 Å². The van der Waals surface area contributed by atoms with Gasteiger partial charge in [-0.2, -0.15) is 0 Å². The van der Waals surface area contributed by atoms with Crippen LogP contribution in [0, 0.1) is 0 Å². The summed E-state index contributed by atoms with van der Waals surface area (Å²) in [7, 11) is 0. The summed E-state index contributed by atoms with van der Waals surface area (Å²) >= 11 is 0. The highest BCUT2D eigenvalue weighted by Crippen LogP contribution is 2.42. The first kappa shape index (κ1) is 30.5. The lowest BCUT2D eigenvalue weighted by Gasteiger charge is -2.27. The molecule has 0 amide bonds. The number of hydrogen-bond donors (Lipinski definition) is 0. The van der Waals surface area contributed by atoms with Crippen LogP contribution in [0.1, 0.15) is 0 Å². The Morgan fingerprint density at radius 3 is 1.35 bits per heavy atom. The molecule has 0 atom stereocenters. The first-order valence-corrected chi connectivity index (χ1v) is 18.6. The summed E-state index contributed by atoms with van der Waals surface area (Å²) in [6.07, 6.45) is 0. The molecule has 0 fully saturated rings. The van der Waals surface area contributed by atoms with Crippen LogP contribution in [0.4, 0.5) is 17.1 Å². The van der Waals surface area contributed by atoms with E-state index >= 15 is 0 Å². The Hall–Kier alpha value is -7.16. The minimum Gasteiger partial charge on any atom is -0.310 e. The Morgan fingerprint density at radius 1 is 0.296 bits per heavy atom. The van der Waals surface area contributed by atoms with Crippen LogP contribution >= 0.6 is 0 Å². The van der Waals surface area contributed by atoms with E-state index in [1.165, 1.54) is 76.0 Å². The summed E-state index contributed by atoms with van der Waals surface area (Å²) in [5.74, 6) is 0. The van der Waals surface area contributed by atoms with E-state index in [1.807, 2.05) is 0 Å². The van der Waals surface area contributed by atoms with Gasteiger partial charge >= 0.3 is 0 Å². The predicted octanol–water partition coefficient (Wildman–Crippen LogP) is 14.5. The Balaban J connectivity index is 1.10. The molecule has 0 N–H and O–H groups in total. The van der Waals surface area contributed by atoms with Crippen LogP contribution in [0.3, 0.4) is 0 Å². The summed E-state index contributed by atoms with van der Waals surface area (Å²) < 4.78 is 2.38. The first-order valence-electron chi connectivity index (χ1n) is 18.6. The fourth-order valence-electron chi connectivity index (χ4n) is 8.70. The maximum Gasteiger partial charge on any atom is 0.0541 e. The van der Waals surface area contributed by atoms with Gasteiger partial charge in [0.2, 0.25) is 0 Å². The smallest absolute Gasteiger partial charge is 0.0541 e. The number of hydrogen-bond acceptors (Lipinski definition) is 1. The number of para-hydroxylation sites is 2. The fourth-order valence-corrected chi connectivity index (χ4v) is 8.70. The van der Waals surface area contributed by atoms with E-state index in [1.54, 1.807) is 0 Å². The molecule has 0 saturated heterocycles. The standard InChI is InChI=1S/C52H34N2/c1-2-14-41-35(12-1)13-11-21-42(41)36-24-26-37(27-25-36)53(40-32-33-47-45-17-4-3-15-43(45)44-16-5-6-18-46(44)50(47)34-40)38-28-30-39(31-29-38)54-51-22-9-7-19-48(51)49-20-8-10-23-52(49)54/h1-34H. The number of nitrogens with zero attached hydrogens (tertiary/aromatic N) is 2. The van der Waals surface area contributed by atoms with E-state index in [-0.39, 0.29) is 0 Å². The second kappa shape index (κ2) is 12.2. The zero-order valence-corrected chi connectivity index (χ0v) is 29.5. The van der Waals surface area contributed by atoms with Gasteiger partial charge in [-0.15, -0.1) is 0 Å². The molecule has 1 heterocycles. The van der Waals surface area contributed by atoms with Crippen molar-refractivity contribution in [2.75, 3.05) is 4.90 Å². The molecule has 1 aromatic heterocycles. The van der Waals surface area contributed by atoms with Crippen molar-refractivity contribution in [2.24, 2.45) is 0 Å². The average molecular weight is 687 g/mol. The van der Waals surface area contributed by atoms with Gasteiger partial charge in [0.1, 0.15) is 0 Å². The van der Waals surface area contributed by atoms with Crippen molar-refractivity contribution in [1.82, 2.24) is 4.57 Å². The molecule has 10 aromatic carbocycles. The second-order valence-electron chi connectivity index (χ2n) is 14.1. The highest BCUT2D eigenvalue weighted by molar-refractivity contribution is 6.25. The third-order valence-electron chi connectivity index (χ3n) is 11.2. The molecule has 2 heteroatoms. The van der Waals surface area contributed by atoms with Crippen LogP contribution in [-0.2, 0) is 0 Å². The zero-order chi connectivity index (χ0) is 35.6. The number of fused-ring (bicyclic) bond motifs is 10. The van der Waals surface area contributed by atoms with Crippen molar-refractivity contribution < 1.29 is 0 Å². The van der Waals surface area contributed by atoms with E-state index in [0.717, 1.165) is 22.7 Å². The largest absolute Gasteiger partial charge is 0.310 e. The molecule has 0 aliphatic carbocycles. The van der Waals surface area contributed by atoms with Crippen molar-refractivity contribution in [3.63, 3.8) is 0 Å². The Morgan fingerprint density at radius 2 is 0.741 bits per heavy atom. The van der Waals surface area contributed by atoms with Crippen molar-refractivity contribution in [3.05, 3.63) is 206 Å². The lowest BCUT2D eigenvalue weighted by Crippen LogP contribution is -2.10. The highest BCUT2D eigenvalue weighted by atomic mass is 15.1. The Bertz CT molecular complexity index is 3110. The molecule has 0 bridgehead atoms. The number of aromatic nitrogens is 1. The van der Waals surface area contributed by atoms with E-state index in [2.05, 4.69) is 216 Å². The van der Waals surface area contributed by atoms with Gasteiger partial charge in [0, 0.05) is 33.5 Å². The topological polar surface area (TPSA) is 8.17 Å². The second-order valence-corrected chi connectivity index (χ2v) is 14.1. The molecule has 0 aliphatic heterocycles. The minimum absolute atomic E-state index is 1.10. The summed E-state index contributed by atoms with van der Waals surface area (Å²) in [6.45, 7) is 0. The van der Waals surface area contributed by atoms with Crippen LogP contribution in [-0.4, -0.2) is 4.57 Å². The van der Waals surface area contributed by atoms with Gasteiger partial charge in [-0.25, -0.2) is 0 Å². The highest BCUT2D eigenvalue weighted by Gasteiger charge is 2.18. The van der Waals surface area contributed by atoms with Crippen molar-refractivity contribution in [2.45, 2.75) is 0 Å². The molecule has 2 nitrogen and oxygen atoms in total. The molecule has 11 rings (SSSR count). The van der Waals surface area contributed by atoms with E-state index in [9.17, 15) is 0 Å². The third kappa shape index (κ3) is 4.74. The van der Waals surface area contributed by atoms with Crippen molar-refractivity contribution in [1.29, 1.82) is 0 Å². The van der Waals surface area contributed by atoms with Crippen LogP contribution in [0.25, 0.3) is 81.7 Å². The lowest BCUT2D eigenvalue weighted by molar-refractivity contribution is 1.17. The molecular formula is C52H34N2. The molecule has 54 heavy (non-hydrogen) atoms. The maximum absolute atomic E-state index is 2.39. The third-order valence-corrected chi connectivity index (χ3v) is 11.2. The average Bonchev–Trinajstić information content (AvgIpc) is 3.59. The quantitative estimate of drug-likeness (QED) is 0.164. The van der Waals surface area contributed by atoms with Gasteiger partial charge in [-0.3, -0.25) is 0 Å². The summed E-state index contributed by atoms with van der Waals surface area (Å²) in [6, 6.07) is 75.2. The Kier molecular flexibility index (Phi) is 6.90. The van der Waals surface area contributed by atoms with E-state index < -0.39 is 0 Å². The normalized spacial score (nSPS) is 11.7. The van der Waals surface area contributed by atoms with Crippen LogP contribution < -0.4 is 4.90 Å². The molecule has 0 saturated carbocycles. The predicted molar refractivity (Wildman–Crippen MR) is 231 cm³/mol. The molecular weight excluding hydrogens is 653 g/mol. The van der Waals surface area contributed by atoms with Gasteiger partial charge in [-0.05, 0) is 115 Å². The molecule has 0 unspecified atom stereocenters. The zero-order valence-electron chi connectivity index (χ0n) is 29.5. The van der Waals surface area contributed by atoms with Crippen LogP contribution in [0.2, 0.25) is 0 Å². The lowest BCUT2D eigenvalue weighted by atomic mass is 9.94. The Labute approximate surface area is 313 Å². The fraction of sp³-hybridized carbons (Fsp3) is 0. The minimum atomic E-state index is 1.10. The van der Waals surface area contributed by atoms with E-state index in [4.69, 9.17) is 0 Å².